The number of ether oxygens (including phenoxy) is 7. The van der Waals surface area contributed by atoms with Gasteiger partial charge in [-0.3, -0.25) is 4.79 Å². The molecular formula is C22H22O9. The fourth-order valence-corrected chi connectivity index (χ4v) is 4.46. The zero-order chi connectivity index (χ0) is 21.5. The van der Waals surface area contributed by atoms with Gasteiger partial charge in [-0.15, -0.1) is 0 Å². The summed E-state index contributed by atoms with van der Waals surface area (Å²) < 4.78 is 38.6. The van der Waals surface area contributed by atoms with Gasteiger partial charge in [0, 0.05) is 11.8 Å². The minimum atomic E-state index is -0.669. The topological polar surface area (TPSA) is 102 Å². The molecule has 2 unspecified atom stereocenters. The van der Waals surface area contributed by atoms with Crippen LogP contribution in [0.25, 0.3) is 0 Å². The summed E-state index contributed by atoms with van der Waals surface area (Å²) in [6.07, 6.45) is 0. The van der Waals surface area contributed by atoms with E-state index >= 15 is 0 Å². The second-order valence-electron chi connectivity index (χ2n) is 7.47. The number of aliphatic hydroxyl groups is 1. The molecule has 9 heteroatoms. The van der Waals surface area contributed by atoms with Crippen LogP contribution in [-0.4, -0.2) is 52.1 Å². The van der Waals surface area contributed by atoms with Crippen molar-refractivity contribution in [1.29, 1.82) is 0 Å². The maximum absolute atomic E-state index is 12.3. The van der Waals surface area contributed by atoms with Gasteiger partial charge in [0.1, 0.15) is 0 Å². The number of carbonyl (C=O) groups is 1. The molecule has 5 rings (SSSR count). The quantitative estimate of drug-likeness (QED) is 0.690. The van der Waals surface area contributed by atoms with Gasteiger partial charge < -0.3 is 38.3 Å². The molecule has 0 bridgehead atoms. The molecule has 0 amide bonds. The van der Waals surface area contributed by atoms with Gasteiger partial charge in [-0.25, -0.2) is 0 Å². The Morgan fingerprint density at radius 1 is 0.903 bits per heavy atom. The molecule has 2 atom stereocenters. The fraction of sp³-hybridized carbons (Fsp3) is 0.409. The molecule has 1 saturated heterocycles. The highest BCUT2D eigenvalue weighted by atomic mass is 16.7. The van der Waals surface area contributed by atoms with E-state index in [1.807, 2.05) is 24.3 Å². The van der Waals surface area contributed by atoms with Crippen LogP contribution in [0.5, 0.6) is 34.5 Å². The van der Waals surface area contributed by atoms with Crippen molar-refractivity contribution in [1.82, 2.24) is 0 Å². The van der Waals surface area contributed by atoms with Crippen LogP contribution in [0.15, 0.2) is 24.3 Å². The van der Waals surface area contributed by atoms with E-state index in [4.69, 9.17) is 33.2 Å². The van der Waals surface area contributed by atoms with Crippen LogP contribution in [0, 0.1) is 11.8 Å². The molecule has 0 radical (unpaired) electrons. The lowest BCUT2D eigenvalue weighted by Gasteiger charge is -2.27. The molecule has 0 aliphatic carbocycles. The van der Waals surface area contributed by atoms with Gasteiger partial charge in [0.15, 0.2) is 23.0 Å². The van der Waals surface area contributed by atoms with Crippen molar-refractivity contribution in [2.75, 3.05) is 41.0 Å². The van der Waals surface area contributed by atoms with E-state index in [9.17, 15) is 9.90 Å². The largest absolute Gasteiger partial charge is 0.493 e. The van der Waals surface area contributed by atoms with Crippen LogP contribution in [-0.2, 0) is 9.53 Å². The van der Waals surface area contributed by atoms with Crippen LogP contribution in [0.1, 0.15) is 17.0 Å². The average molecular weight is 430 g/mol. The highest BCUT2D eigenvalue weighted by Crippen LogP contribution is 2.50. The van der Waals surface area contributed by atoms with Crippen LogP contribution >= 0.6 is 0 Å². The predicted molar refractivity (Wildman–Crippen MR) is 105 cm³/mol. The minimum absolute atomic E-state index is 0.0992. The molecule has 2 aromatic rings. The lowest BCUT2D eigenvalue weighted by molar-refractivity contribution is -0.142. The zero-order valence-electron chi connectivity index (χ0n) is 17.1. The molecule has 0 saturated carbocycles. The van der Waals surface area contributed by atoms with Crippen molar-refractivity contribution >= 4 is 5.97 Å². The van der Waals surface area contributed by atoms with E-state index in [1.54, 1.807) is 14.2 Å². The molecule has 31 heavy (non-hydrogen) atoms. The maximum Gasteiger partial charge on any atom is 0.311 e. The number of cyclic esters (lactones) is 1. The fourth-order valence-electron chi connectivity index (χ4n) is 4.46. The number of carbonyl (C=O) groups excluding carboxylic acids is 1. The predicted octanol–water partition coefficient (Wildman–Crippen LogP) is 2.07. The van der Waals surface area contributed by atoms with Gasteiger partial charge in [-0.2, -0.15) is 0 Å². The van der Waals surface area contributed by atoms with Crippen molar-refractivity contribution in [3.63, 3.8) is 0 Å². The third kappa shape index (κ3) is 3.16. The summed E-state index contributed by atoms with van der Waals surface area (Å²) in [6.45, 7) is 0.0511. The summed E-state index contributed by atoms with van der Waals surface area (Å²) in [4.78, 5) is 12.3. The molecule has 1 N–H and O–H groups in total. The Morgan fingerprint density at radius 3 is 1.94 bits per heavy atom. The van der Waals surface area contributed by atoms with Crippen molar-refractivity contribution < 1.29 is 43.1 Å². The average Bonchev–Trinajstić information content (AvgIpc) is 3.52. The molecule has 0 aromatic heterocycles. The van der Waals surface area contributed by atoms with Crippen molar-refractivity contribution in [3.8, 4) is 34.5 Å². The maximum atomic E-state index is 12.3. The second kappa shape index (κ2) is 7.73. The zero-order valence-corrected chi connectivity index (χ0v) is 17.1. The number of aliphatic hydroxyl groups excluding tert-OH is 1. The highest BCUT2D eigenvalue weighted by molar-refractivity contribution is 5.75. The van der Waals surface area contributed by atoms with Gasteiger partial charge in [-0.05, 0) is 35.4 Å². The molecule has 3 heterocycles. The van der Waals surface area contributed by atoms with E-state index in [-0.39, 0.29) is 38.6 Å². The molecule has 1 fully saturated rings. The summed E-state index contributed by atoms with van der Waals surface area (Å²) >= 11 is 0. The summed E-state index contributed by atoms with van der Waals surface area (Å²) in [6, 6.07) is 7.44. The Kier molecular flexibility index (Phi) is 4.90. The Balaban J connectivity index is 1.68. The van der Waals surface area contributed by atoms with Gasteiger partial charge in [0.25, 0.3) is 0 Å². The first kappa shape index (κ1) is 19.6. The van der Waals surface area contributed by atoms with Crippen LogP contribution in [0.2, 0.25) is 0 Å². The van der Waals surface area contributed by atoms with E-state index in [0.29, 0.717) is 34.5 Å². The van der Waals surface area contributed by atoms with Crippen LogP contribution in [0.4, 0.5) is 0 Å². The monoisotopic (exact) mass is 430 g/mol. The smallest absolute Gasteiger partial charge is 0.311 e. The lowest BCUT2D eigenvalue weighted by atomic mass is 9.75. The summed E-state index contributed by atoms with van der Waals surface area (Å²) in [5.74, 6) is 1.45. The van der Waals surface area contributed by atoms with Gasteiger partial charge in [-0.1, -0.05) is 0 Å². The first-order valence-corrected chi connectivity index (χ1v) is 9.87. The normalized spacial score (nSPS) is 20.8. The SMILES string of the molecule is COc1cc(C(c2cc(OC)c3c(c2)OCO3)C2COC(=O)C2CO)cc2c1OCO2. The number of methoxy groups -OCH3 is 2. The Labute approximate surface area is 178 Å². The number of esters is 1. The van der Waals surface area contributed by atoms with Gasteiger partial charge >= 0.3 is 5.97 Å². The molecule has 164 valence electrons. The number of fused-ring (bicyclic) bond motifs is 2. The van der Waals surface area contributed by atoms with E-state index in [2.05, 4.69) is 0 Å². The third-order valence-electron chi connectivity index (χ3n) is 5.94. The van der Waals surface area contributed by atoms with Crippen LogP contribution in [0.3, 0.4) is 0 Å². The first-order chi connectivity index (χ1) is 15.1. The highest BCUT2D eigenvalue weighted by Gasteiger charge is 2.43. The van der Waals surface area contributed by atoms with Crippen molar-refractivity contribution in [3.05, 3.63) is 35.4 Å². The first-order valence-electron chi connectivity index (χ1n) is 9.87. The standard InChI is InChI=1S/C22H22O9/c1-25-15-3-11(5-17-20(15)30-9-28-17)19(14-8-27-22(24)13(14)7-23)12-4-16(26-2)21-18(6-12)29-10-31-21/h3-6,13-14,19,23H,7-10H2,1-2H3. The van der Waals surface area contributed by atoms with Crippen molar-refractivity contribution in [2.45, 2.75) is 5.92 Å². The molecule has 9 nitrogen and oxygen atoms in total. The Hall–Kier alpha value is -3.33. The number of hydrogen-bond donors (Lipinski definition) is 1. The number of rotatable bonds is 6. The van der Waals surface area contributed by atoms with E-state index < -0.39 is 11.9 Å². The minimum Gasteiger partial charge on any atom is -0.493 e. The Morgan fingerprint density at radius 2 is 1.45 bits per heavy atom. The van der Waals surface area contributed by atoms with E-state index in [0.717, 1.165) is 11.1 Å². The number of benzene rings is 2. The van der Waals surface area contributed by atoms with E-state index in [1.165, 1.54) is 0 Å². The molecule has 3 aliphatic heterocycles. The van der Waals surface area contributed by atoms with Gasteiger partial charge in [0.05, 0.1) is 33.4 Å². The third-order valence-corrected chi connectivity index (χ3v) is 5.94. The molecule has 0 spiro atoms. The summed E-state index contributed by atoms with van der Waals surface area (Å²) in [7, 11) is 3.11. The summed E-state index contributed by atoms with van der Waals surface area (Å²) in [5.41, 5.74) is 1.65. The van der Waals surface area contributed by atoms with Crippen LogP contribution < -0.4 is 28.4 Å². The lowest BCUT2D eigenvalue weighted by Crippen LogP contribution is -2.26. The Bertz CT molecular complexity index is 953. The van der Waals surface area contributed by atoms with Crippen molar-refractivity contribution in [2.24, 2.45) is 11.8 Å². The molecule has 3 aliphatic rings. The molecular weight excluding hydrogens is 408 g/mol. The number of hydrogen-bond acceptors (Lipinski definition) is 9. The summed E-state index contributed by atoms with van der Waals surface area (Å²) in [5, 5.41) is 9.92. The second-order valence-corrected chi connectivity index (χ2v) is 7.47. The van der Waals surface area contributed by atoms with Gasteiger partial charge in [0.2, 0.25) is 25.1 Å². The molecule has 2 aromatic carbocycles.